The third-order valence-electron chi connectivity index (χ3n) is 5.12. The number of aliphatic imine (C=N–C) groups is 1. The summed E-state index contributed by atoms with van der Waals surface area (Å²) in [4.78, 5) is 6.92. The molecule has 4 N–H and O–H groups in total. The van der Waals surface area contributed by atoms with Crippen LogP contribution in [0.1, 0.15) is 36.5 Å². The predicted octanol–water partition coefficient (Wildman–Crippen LogP) is 3.13. The summed E-state index contributed by atoms with van der Waals surface area (Å²) < 4.78 is 0. The van der Waals surface area contributed by atoms with Crippen LogP contribution in [0.4, 0.5) is 5.69 Å². The van der Waals surface area contributed by atoms with E-state index in [0.717, 1.165) is 44.6 Å². The standard InChI is InChI=1S/C22H30N4O/c1-2-17-7-9-20(10-8-17)25-22(23)24-15-18-5-3-4-6-19(18)16-26-13-11-21(27)12-14-26/h3-10,21,27H,2,11-16H2,1H3,(H3,23,24,25). The number of rotatable bonds is 6. The topological polar surface area (TPSA) is 73.9 Å². The highest BCUT2D eigenvalue weighted by Crippen LogP contribution is 2.17. The largest absolute Gasteiger partial charge is 0.393 e. The first kappa shape index (κ1) is 19.4. The fourth-order valence-corrected chi connectivity index (χ4v) is 3.37. The third-order valence-corrected chi connectivity index (χ3v) is 5.12. The van der Waals surface area contributed by atoms with Gasteiger partial charge in [-0.15, -0.1) is 0 Å². The lowest BCUT2D eigenvalue weighted by molar-refractivity contribution is 0.0791. The molecule has 0 unspecified atom stereocenters. The van der Waals surface area contributed by atoms with Gasteiger partial charge in [0, 0.05) is 25.3 Å². The Morgan fingerprint density at radius 3 is 2.44 bits per heavy atom. The summed E-state index contributed by atoms with van der Waals surface area (Å²) in [5, 5.41) is 12.8. The Balaban J connectivity index is 1.60. The Bertz CT molecular complexity index is 749. The summed E-state index contributed by atoms with van der Waals surface area (Å²) in [5.74, 6) is 0.426. The van der Waals surface area contributed by atoms with Crippen LogP contribution in [0.25, 0.3) is 0 Å². The Kier molecular flexibility index (Phi) is 6.85. The van der Waals surface area contributed by atoms with Crippen molar-refractivity contribution in [2.45, 2.75) is 45.4 Å². The molecule has 2 aromatic carbocycles. The van der Waals surface area contributed by atoms with Crippen molar-refractivity contribution >= 4 is 11.6 Å². The van der Waals surface area contributed by atoms with Gasteiger partial charge in [0.1, 0.15) is 0 Å². The van der Waals surface area contributed by atoms with Crippen LogP contribution in [0.15, 0.2) is 53.5 Å². The maximum Gasteiger partial charge on any atom is 0.193 e. The molecule has 1 fully saturated rings. The molecule has 5 heteroatoms. The Morgan fingerprint density at radius 2 is 1.78 bits per heavy atom. The lowest BCUT2D eigenvalue weighted by atomic mass is 10.0. The molecular weight excluding hydrogens is 336 g/mol. The fraction of sp³-hybridized carbons (Fsp3) is 0.409. The maximum atomic E-state index is 9.68. The van der Waals surface area contributed by atoms with E-state index in [1.54, 1.807) is 0 Å². The van der Waals surface area contributed by atoms with Gasteiger partial charge in [0.15, 0.2) is 5.96 Å². The summed E-state index contributed by atoms with van der Waals surface area (Å²) in [6.45, 7) is 5.47. The van der Waals surface area contributed by atoms with E-state index in [9.17, 15) is 5.11 Å². The zero-order valence-electron chi connectivity index (χ0n) is 16.1. The number of nitrogens with two attached hydrogens (primary N) is 1. The number of benzene rings is 2. The molecule has 1 aliphatic rings. The average Bonchev–Trinajstić information content (AvgIpc) is 2.69. The Hall–Kier alpha value is -2.37. The van der Waals surface area contributed by atoms with E-state index in [4.69, 9.17) is 5.73 Å². The summed E-state index contributed by atoms with van der Waals surface area (Å²) >= 11 is 0. The summed E-state index contributed by atoms with van der Waals surface area (Å²) in [6.07, 6.45) is 2.59. The molecule has 0 amide bonds. The SMILES string of the molecule is CCc1ccc(NC(N)=NCc2ccccc2CN2CCC(O)CC2)cc1. The zero-order chi connectivity index (χ0) is 19.1. The van der Waals surface area contributed by atoms with Gasteiger partial charge < -0.3 is 16.2 Å². The highest BCUT2D eigenvalue weighted by atomic mass is 16.3. The second-order valence-corrected chi connectivity index (χ2v) is 7.15. The van der Waals surface area contributed by atoms with E-state index < -0.39 is 0 Å². The van der Waals surface area contributed by atoms with E-state index in [2.05, 4.69) is 52.5 Å². The monoisotopic (exact) mass is 366 g/mol. The molecule has 0 bridgehead atoms. The van der Waals surface area contributed by atoms with Crippen LogP contribution in [-0.4, -0.2) is 35.2 Å². The van der Waals surface area contributed by atoms with Gasteiger partial charge in [-0.25, -0.2) is 4.99 Å². The van der Waals surface area contributed by atoms with Crippen molar-refractivity contribution in [3.05, 3.63) is 65.2 Å². The van der Waals surface area contributed by atoms with E-state index >= 15 is 0 Å². The molecule has 3 rings (SSSR count). The number of hydrogen-bond donors (Lipinski definition) is 3. The van der Waals surface area contributed by atoms with Crippen LogP contribution in [0.2, 0.25) is 0 Å². The molecule has 1 saturated heterocycles. The number of likely N-dealkylation sites (tertiary alicyclic amines) is 1. The zero-order valence-corrected chi connectivity index (χ0v) is 16.1. The van der Waals surface area contributed by atoms with Gasteiger partial charge in [-0.3, -0.25) is 4.90 Å². The number of piperidine rings is 1. The smallest absolute Gasteiger partial charge is 0.193 e. The number of anilines is 1. The van der Waals surface area contributed by atoms with E-state index in [1.165, 1.54) is 16.7 Å². The number of nitrogens with one attached hydrogen (secondary N) is 1. The number of aliphatic hydroxyl groups excluding tert-OH is 1. The van der Waals surface area contributed by atoms with Crippen molar-refractivity contribution in [2.24, 2.45) is 10.7 Å². The number of hydrogen-bond acceptors (Lipinski definition) is 3. The molecule has 2 aromatic rings. The minimum Gasteiger partial charge on any atom is -0.393 e. The third kappa shape index (κ3) is 5.81. The molecule has 5 nitrogen and oxygen atoms in total. The number of nitrogens with zero attached hydrogens (tertiary/aromatic N) is 2. The van der Waals surface area contributed by atoms with Crippen LogP contribution in [0.5, 0.6) is 0 Å². The van der Waals surface area contributed by atoms with E-state index in [-0.39, 0.29) is 6.10 Å². The van der Waals surface area contributed by atoms with Crippen molar-refractivity contribution in [1.29, 1.82) is 0 Å². The summed E-state index contributed by atoms with van der Waals surface area (Å²) in [6, 6.07) is 16.6. The van der Waals surface area contributed by atoms with Crippen LogP contribution >= 0.6 is 0 Å². The molecule has 0 spiro atoms. The van der Waals surface area contributed by atoms with Crippen LogP contribution in [-0.2, 0) is 19.5 Å². The first-order chi connectivity index (χ1) is 13.1. The molecule has 0 aromatic heterocycles. The highest BCUT2D eigenvalue weighted by molar-refractivity contribution is 5.92. The quantitative estimate of drug-likeness (QED) is 0.542. The molecule has 0 saturated carbocycles. The molecule has 0 radical (unpaired) electrons. The van der Waals surface area contributed by atoms with Crippen molar-refractivity contribution < 1.29 is 5.11 Å². The molecule has 1 heterocycles. The van der Waals surface area contributed by atoms with Crippen molar-refractivity contribution in [2.75, 3.05) is 18.4 Å². The van der Waals surface area contributed by atoms with Gasteiger partial charge in [0.25, 0.3) is 0 Å². The van der Waals surface area contributed by atoms with Gasteiger partial charge in [0.2, 0.25) is 0 Å². The van der Waals surface area contributed by atoms with Crippen LogP contribution < -0.4 is 11.1 Å². The van der Waals surface area contributed by atoms with Gasteiger partial charge in [-0.1, -0.05) is 43.3 Å². The fourth-order valence-electron chi connectivity index (χ4n) is 3.37. The number of aliphatic hydroxyl groups is 1. The van der Waals surface area contributed by atoms with Gasteiger partial charge in [-0.05, 0) is 48.1 Å². The lowest BCUT2D eigenvalue weighted by Gasteiger charge is -2.30. The molecule has 0 atom stereocenters. The normalized spacial score (nSPS) is 16.4. The van der Waals surface area contributed by atoms with Gasteiger partial charge in [-0.2, -0.15) is 0 Å². The van der Waals surface area contributed by atoms with Gasteiger partial charge in [0.05, 0.1) is 12.6 Å². The van der Waals surface area contributed by atoms with Crippen molar-refractivity contribution in [1.82, 2.24) is 4.90 Å². The number of aryl methyl sites for hydroxylation is 1. The Labute approximate surface area is 161 Å². The van der Waals surface area contributed by atoms with Crippen LogP contribution in [0.3, 0.4) is 0 Å². The summed E-state index contributed by atoms with van der Waals surface area (Å²) in [7, 11) is 0. The van der Waals surface area contributed by atoms with Crippen LogP contribution in [0, 0.1) is 0 Å². The number of guanidine groups is 1. The molecular formula is C22H30N4O. The Morgan fingerprint density at radius 1 is 1.11 bits per heavy atom. The summed E-state index contributed by atoms with van der Waals surface area (Å²) in [5.41, 5.74) is 10.8. The van der Waals surface area contributed by atoms with E-state index in [0.29, 0.717) is 12.5 Å². The average molecular weight is 367 g/mol. The lowest BCUT2D eigenvalue weighted by Crippen LogP contribution is -2.35. The molecule has 1 aliphatic heterocycles. The molecule has 27 heavy (non-hydrogen) atoms. The second kappa shape index (κ2) is 9.53. The van der Waals surface area contributed by atoms with Gasteiger partial charge >= 0.3 is 0 Å². The first-order valence-corrected chi connectivity index (χ1v) is 9.77. The molecule has 144 valence electrons. The predicted molar refractivity (Wildman–Crippen MR) is 112 cm³/mol. The van der Waals surface area contributed by atoms with E-state index in [1.807, 2.05) is 18.2 Å². The second-order valence-electron chi connectivity index (χ2n) is 7.15. The van der Waals surface area contributed by atoms with Crippen molar-refractivity contribution in [3.63, 3.8) is 0 Å². The molecule has 0 aliphatic carbocycles. The van der Waals surface area contributed by atoms with Crippen molar-refractivity contribution in [3.8, 4) is 0 Å². The maximum absolute atomic E-state index is 9.68. The highest BCUT2D eigenvalue weighted by Gasteiger charge is 2.17. The minimum absolute atomic E-state index is 0.140. The first-order valence-electron chi connectivity index (χ1n) is 9.77. The minimum atomic E-state index is -0.140.